The minimum absolute atomic E-state index is 0.0507. The van der Waals surface area contributed by atoms with Crippen LogP contribution < -0.4 is 0 Å². The largest absolute Gasteiger partial charge is 0.299 e. The molecule has 0 unspecified atom stereocenters. The molecule has 0 saturated heterocycles. The fourth-order valence-corrected chi connectivity index (χ4v) is 7.97. The van der Waals surface area contributed by atoms with Crippen LogP contribution in [0.15, 0.2) is 24.3 Å². The first-order valence-electron chi connectivity index (χ1n) is 9.13. The van der Waals surface area contributed by atoms with Gasteiger partial charge in [0, 0.05) is 23.7 Å². The third-order valence-corrected chi connectivity index (χ3v) is 9.00. The van der Waals surface area contributed by atoms with Crippen molar-refractivity contribution in [1.29, 1.82) is 0 Å². The van der Waals surface area contributed by atoms with Gasteiger partial charge in [0.25, 0.3) is 0 Å². The van der Waals surface area contributed by atoms with Crippen molar-refractivity contribution in [3.8, 4) is 0 Å². The Morgan fingerprint density at radius 2 is 0.864 bits per heavy atom. The molecule has 5 fully saturated rings. The van der Waals surface area contributed by atoms with Crippen LogP contribution >= 0.6 is 0 Å². The molecule has 0 aliphatic heterocycles. The van der Waals surface area contributed by atoms with E-state index in [-0.39, 0.29) is 23.7 Å². The zero-order valence-electron chi connectivity index (χ0n) is 12.6. The minimum atomic E-state index is 0.0507. The molecule has 0 amide bonds. The molecule has 7 rings (SSSR count). The predicted molar refractivity (Wildman–Crippen MR) is 79.5 cm³/mol. The summed E-state index contributed by atoms with van der Waals surface area (Å²) in [4.78, 5) is 26.8. The number of hydrogen-bond donors (Lipinski definition) is 0. The lowest BCUT2D eigenvalue weighted by Gasteiger charge is -2.40. The minimum Gasteiger partial charge on any atom is -0.299 e. The second-order valence-corrected chi connectivity index (χ2v) is 9.25. The van der Waals surface area contributed by atoms with E-state index in [1.165, 1.54) is 25.7 Å². The maximum Gasteiger partial charge on any atom is 0.141 e. The molecule has 0 heterocycles. The highest BCUT2D eigenvalue weighted by Gasteiger charge is 2.78. The van der Waals surface area contributed by atoms with Crippen molar-refractivity contribution in [2.75, 3.05) is 0 Å². The number of rotatable bonds is 0. The van der Waals surface area contributed by atoms with Gasteiger partial charge < -0.3 is 0 Å². The Hall–Kier alpha value is -1.18. The Labute approximate surface area is 130 Å². The van der Waals surface area contributed by atoms with Crippen LogP contribution in [0.1, 0.15) is 25.7 Å². The summed E-state index contributed by atoms with van der Waals surface area (Å²) >= 11 is 0. The van der Waals surface area contributed by atoms with Gasteiger partial charge in [-0.15, -0.1) is 0 Å². The summed E-state index contributed by atoms with van der Waals surface area (Å²) in [5.41, 5.74) is 0.673. The molecule has 2 spiro atoms. The molecule has 112 valence electrons. The lowest BCUT2D eigenvalue weighted by atomic mass is 9.60. The van der Waals surface area contributed by atoms with Gasteiger partial charge in [-0.2, -0.15) is 0 Å². The predicted octanol–water partition coefficient (Wildman–Crippen LogP) is 2.80. The van der Waals surface area contributed by atoms with Crippen LogP contribution in [0.25, 0.3) is 0 Å². The second-order valence-electron chi connectivity index (χ2n) is 9.25. The van der Waals surface area contributed by atoms with Crippen molar-refractivity contribution in [3.05, 3.63) is 24.3 Å². The van der Waals surface area contributed by atoms with E-state index in [4.69, 9.17) is 0 Å². The van der Waals surface area contributed by atoms with E-state index < -0.39 is 0 Å². The van der Waals surface area contributed by atoms with Crippen LogP contribution in [0, 0.1) is 58.2 Å². The van der Waals surface area contributed by atoms with Crippen LogP contribution in [0.3, 0.4) is 0 Å². The van der Waals surface area contributed by atoms with Crippen molar-refractivity contribution >= 4 is 11.6 Å². The third kappa shape index (κ3) is 0.871. The molecular weight excluding hydrogens is 272 g/mol. The van der Waals surface area contributed by atoms with Gasteiger partial charge in [0.15, 0.2) is 0 Å². The standard InChI is InChI=1S/C20H20O2/c21-17-13-9-1-2-10(19(9)5-6-19)14(13)18(22)16-12-4-3-11(15(16)17)20(12)7-8-20/h1-4,9-16H,5-8H2/t9-,10+,11+,12-,13-,14+,15+,16-. The van der Waals surface area contributed by atoms with E-state index in [2.05, 4.69) is 24.3 Å². The van der Waals surface area contributed by atoms with Crippen LogP contribution in [-0.4, -0.2) is 11.6 Å². The van der Waals surface area contributed by atoms with Crippen LogP contribution in [0.2, 0.25) is 0 Å². The summed E-state index contributed by atoms with van der Waals surface area (Å²) < 4.78 is 0. The normalized spacial score (nSPS) is 58.7. The SMILES string of the molecule is O=C1[C@@H]2[C@H](C(=O)[C@@H]3[C@H]1[C@H]1C=C[C@@H]3C13CC3)[C@H]1C=C[C@@H]2C12CC2. The van der Waals surface area contributed by atoms with Crippen molar-refractivity contribution in [2.24, 2.45) is 58.2 Å². The Morgan fingerprint density at radius 3 is 1.09 bits per heavy atom. The Morgan fingerprint density at radius 1 is 0.591 bits per heavy atom. The topological polar surface area (TPSA) is 34.1 Å². The highest BCUT2D eigenvalue weighted by molar-refractivity contribution is 6.03. The maximum absolute atomic E-state index is 13.4. The summed E-state index contributed by atoms with van der Waals surface area (Å²) in [6, 6.07) is 0. The molecule has 0 radical (unpaired) electrons. The molecule has 0 aromatic carbocycles. The van der Waals surface area contributed by atoms with Crippen LogP contribution in [0.5, 0.6) is 0 Å². The summed E-state index contributed by atoms with van der Waals surface area (Å²) in [5.74, 6) is 2.78. The number of carbonyl (C=O) groups excluding carboxylic acids is 2. The monoisotopic (exact) mass is 292 g/mol. The van der Waals surface area contributed by atoms with Crippen molar-refractivity contribution in [1.82, 2.24) is 0 Å². The van der Waals surface area contributed by atoms with Gasteiger partial charge in [0.1, 0.15) is 11.6 Å². The van der Waals surface area contributed by atoms with Gasteiger partial charge in [0.05, 0.1) is 0 Å². The first kappa shape index (κ1) is 11.4. The van der Waals surface area contributed by atoms with Gasteiger partial charge in [-0.1, -0.05) is 24.3 Å². The van der Waals surface area contributed by atoms with E-state index in [0.717, 1.165) is 0 Å². The maximum atomic E-state index is 13.4. The molecule has 7 aliphatic rings. The van der Waals surface area contributed by atoms with E-state index in [1.807, 2.05) is 0 Å². The molecule has 2 heteroatoms. The van der Waals surface area contributed by atoms with Gasteiger partial charge >= 0.3 is 0 Å². The average Bonchev–Trinajstić information content (AvgIpc) is 3.37. The zero-order chi connectivity index (χ0) is 14.4. The van der Waals surface area contributed by atoms with Gasteiger partial charge in [-0.25, -0.2) is 0 Å². The number of hydrogen-bond acceptors (Lipinski definition) is 2. The van der Waals surface area contributed by atoms with Gasteiger partial charge in [0.2, 0.25) is 0 Å². The highest BCUT2D eigenvalue weighted by Crippen LogP contribution is 2.78. The summed E-state index contributed by atoms with van der Waals surface area (Å²) in [7, 11) is 0. The highest BCUT2D eigenvalue weighted by atomic mass is 16.1. The van der Waals surface area contributed by atoms with Crippen molar-refractivity contribution < 1.29 is 9.59 Å². The lowest BCUT2D eigenvalue weighted by molar-refractivity contribution is -0.148. The number of allylic oxidation sites excluding steroid dienone is 4. The first-order valence-corrected chi connectivity index (χ1v) is 9.13. The number of carbonyl (C=O) groups is 2. The Balaban J connectivity index is 1.41. The molecular formula is C20H20O2. The molecule has 0 aromatic rings. The van der Waals surface area contributed by atoms with E-state index in [9.17, 15) is 9.59 Å². The molecule has 5 saturated carbocycles. The molecule has 0 aromatic heterocycles. The van der Waals surface area contributed by atoms with Crippen molar-refractivity contribution in [3.63, 3.8) is 0 Å². The smallest absolute Gasteiger partial charge is 0.141 e. The third-order valence-electron chi connectivity index (χ3n) is 9.00. The molecule has 0 N–H and O–H groups in total. The quantitative estimate of drug-likeness (QED) is 0.643. The number of fused-ring (bicyclic) bond motifs is 6. The van der Waals surface area contributed by atoms with E-state index >= 15 is 0 Å². The fraction of sp³-hybridized carbons (Fsp3) is 0.700. The fourth-order valence-electron chi connectivity index (χ4n) is 7.97. The number of ketones is 2. The van der Waals surface area contributed by atoms with Crippen molar-refractivity contribution in [2.45, 2.75) is 25.7 Å². The molecule has 4 bridgehead atoms. The molecule has 22 heavy (non-hydrogen) atoms. The zero-order valence-corrected chi connectivity index (χ0v) is 12.6. The van der Waals surface area contributed by atoms with Crippen LogP contribution in [0.4, 0.5) is 0 Å². The summed E-state index contributed by atoms with van der Waals surface area (Å²) in [6.45, 7) is 0. The van der Waals surface area contributed by atoms with Gasteiger partial charge in [-0.3, -0.25) is 9.59 Å². The summed E-state index contributed by atoms with van der Waals surface area (Å²) in [6.07, 6.45) is 14.2. The van der Waals surface area contributed by atoms with E-state index in [0.29, 0.717) is 46.1 Å². The molecule has 2 nitrogen and oxygen atoms in total. The second kappa shape index (κ2) is 2.95. The average molecular weight is 292 g/mol. The Kier molecular flexibility index (Phi) is 1.52. The Bertz CT molecular complexity index is 610. The van der Waals surface area contributed by atoms with Gasteiger partial charge in [-0.05, 0) is 60.2 Å². The first-order chi connectivity index (χ1) is 10.7. The summed E-state index contributed by atoms with van der Waals surface area (Å²) in [5, 5.41) is 0. The van der Waals surface area contributed by atoms with Crippen LogP contribution in [-0.2, 0) is 9.59 Å². The lowest BCUT2D eigenvalue weighted by Crippen LogP contribution is -2.50. The molecule has 8 atom stereocenters. The van der Waals surface area contributed by atoms with E-state index in [1.54, 1.807) is 0 Å². The molecule has 7 aliphatic carbocycles. The number of Topliss-reactive ketones (excluding diaryl/α,β-unsaturated/α-hetero) is 2.